The van der Waals surface area contributed by atoms with Gasteiger partial charge in [0.1, 0.15) is 6.33 Å². The minimum atomic E-state index is 0. The molecule has 1 aromatic carbocycles. The summed E-state index contributed by atoms with van der Waals surface area (Å²) in [5, 5.41) is 0. The Morgan fingerprint density at radius 3 is 2.62 bits per heavy atom. The predicted octanol–water partition coefficient (Wildman–Crippen LogP) is 2.07. The highest BCUT2D eigenvalue weighted by molar-refractivity contribution is 5.85. The molecule has 0 saturated heterocycles. The van der Waals surface area contributed by atoms with Crippen LogP contribution in [0.5, 0.6) is 0 Å². The van der Waals surface area contributed by atoms with Crippen molar-refractivity contribution in [3.8, 4) is 11.3 Å². The molecule has 3 nitrogen and oxygen atoms in total. The fourth-order valence-electron chi connectivity index (χ4n) is 1.59. The molecule has 0 unspecified atom stereocenters. The molecule has 2 N–H and O–H groups in total. The molecular formula is C12H14ClN3. The van der Waals surface area contributed by atoms with Crippen molar-refractivity contribution < 1.29 is 0 Å². The summed E-state index contributed by atoms with van der Waals surface area (Å²) in [4.78, 5) is 8.15. The highest BCUT2D eigenvalue weighted by Crippen LogP contribution is 2.20. The van der Waals surface area contributed by atoms with Gasteiger partial charge in [-0.1, -0.05) is 24.3 Å². The van der Waals surface area contributed by atoms with Crippen molar-refractivity contribution in [3.05, 3.63) is 48.4 Å². The van der Waals surface area contributed by atoms with Crippen molar-refractivity contribution >= 4 is 12.4 Å². The number of nitrogens with zero attached hydrogens (tertiary/aromatic N) is 2. The Morgan fingerprint density at radius 2 is 1.94 bits per heavy atom. The Morgan fingerprint density at radius 1 is 1.12 bits per heavy atom. The van der Waals surface area contributed by atoms with Gasteiger partial charge in [-0.05, 0) is 24.6 Å². The zero-order chi connectivity index (χ0) is 10.5. The van der Waals surface area contributed by atoms with Crippen LogP contribution in [0.4, 0.5) is 0 Å². The van der Waals surface area contributed by atoms with Crippen molar-refractivity contribution in [3.63, 3.8) is 0 Å². The van der Waals surface area contributed by atoms with Crippen LogP contribution in [0.1, 0.15) is 5.56 Å². The van der Waals surface area contributed by atoms with Crippen molar-refractivity contribution in [2.24, 2.45) is 5.73 Å². The van der Waals surface area contributed by atoms with Gasteiger partial charge in [0, 0.05) is 11.8 Å². The van der Waals surface area contributed by atoms with Crippen LogP contribution in [-0.2, 0) is 6.42 Å². The third-order valence-electron chi connectivity index (χ3n) is 2.29. The van der Waals surface area contributed by atoms with E-state index in [1.807, 2.05) is 18.2 Å². The third-order valence-corrected chi connectivity index (χ3v) is 2.29. The molecule has 1 heterocycles. The number of rotatable bonds is 3. The molecule has 0 aliphatic heterocycles. The molecule has 2 aromatic rings. The molecular weight excluding hydrogens is 222 g/mol. The number of aromatic nitrogens is 2. The standard InChI is InChI=1S/C12H13N3.ClH/c13-7-5-10-3-1-2-4-11(10)12-6-8-14-9-15-12;/h1-4,6,8-9H,5,7,13H2;1H. The molecule has 1 aromatic heterocycles. The topological polar surface area (TPSA) is 51.8 Å². The van der Waals surface area contributed by atoms with Crippen LogP contribution < -0.4 is 5.73 Å². The Labute approximate surface area is 101 Å². The molecule has 84 valence electrons. The maximum absolute atomic E-state index is 5.57. The summed E-state index contributed by atoms with van der Waals surface area (Å²) in [6, 6.07) is 10.1. The van der Waals surface area contributed by atoms with Gasteiger partial charge in [0.05, 0.1) is 5.69 Å². The minimum absolute atomic E-state index is 0. The Bertz CT molecular complexity index is 431. The summed E-state index contributed by atoms with van der Waals surface area (Å²) >= 11 is 0. The van der Waals surface area contributed by atoms with Crippen molar-refractivity contribution in [1.82, 2.24) is 9.97 Å². The zero-order valence-electron chi connectivity index (χ0n) is 8.84. The van der Waals surface area contributed by atoms with Crippen LogP contribution in [0.15, 0.2) is 42.9 Å². The van der Waals surface area contributed by atoms with Gasteiger partial charge in [-0.3, -0.25) is 0 Å². The van der Waals surface area contributed by atoms with Crippen LogP contribution in [0.2, 0.25) is 0 Å². The molecule has 0 atom stereocenters. The van der Waals surface area contributed by atoms with Crippen molar-refractivity contribution in [2.45, 2.75) is 6.42 Å². The van der Waals surface area contributed by atoms with E-state index in [4.69, 9.17) is 5.73 Å². The van der Waals surface area contributed by atoms with Gasteiger partial charge in [0.25, 0.3) is 0 Å². The molecule has 0 aliphatic rings. The summed E-state index contributed by atoms with van der Waals surface area (Å²) in [5.74, 6) is 0. The van der Waals surface area contributed by atoms with Crippen LogP contribution in [0.3, 0.4) is 0 Å². The number of benzene rings is 1. The van der Waals surface area contributed by atoms with E-state index in [9.17, 15) is 0 Å². The van der Waals surface area contributed by atoms with Crippen molar-refractivity contribution in [2.75, 3.05) is 6.54 Å². The van der Waals surface area contributed by atoms with E-state index in [0.717, 1.165) is 17.7 Å². The largest absolute Gasteiger partial charge is 0.330 e. The highest BCUT2D eigenvalue weighted by atomic mass is 35.5. The van der Waals surface area contributed by atoms with E-state index in [2.05, 4.69) is 22.1 Å². The fourth-order valence-corrected chi connectivity index (χ4v) is 1.59. The van der Waals surface area contributed by atoms with E-state index in [1.54, 1.807) is 12.5 Å². The first kappa shape index (κ1) is 12.6. The van der Waals surface area contributed by atoms with Gasteiger partial charge in [-0.15, -0.1) is 12.4 Å². The van der Waals surface area contributed by atoms with Gasteiger partial charge in [-0.2, -0.15) is 0 Å². The number of halogens is 1. The summed E-state index contributed by atoms with van der Waals surface area (Å²) in [5.41, 5.74) is 8.91. The number of hydrogen-bond acceptors (Lipinski definition) is 3. The molecule has 0 radical (unpaired) electrons. The Kier molecular flexibility index (Phi) is 4.89. The first-order valence-corrected chi connectivity index (χ1v) is 4.96. The van der Waals surface area contributed by atoms with Gasteiger partial charge in [0.15, 0.2) is 0 Å². The second kappa shape index (κ2) is 6.20. The van der Waals surface area contributed by atoms with Crippen LogP contribution in [0.25, 0.3) is 11.3 Å². The average Bonchev–Trinajstić information content (AvgIpc) is 2.31. The predicted molar refractivity (Wildman–Crippen MR) is 67.5 cm³/mol. The molecule has 0 saturated carbocycles. The molecule has 0 fully saturated rings. The average molecular weight is 236 g/mol. The molecule has 2 rings (SSSR count). The summed E-state index contributed by atoms with van der Waals surface area (Å²) in [6.45, 7) is 0.655. The fraction of sp³-hybridized carbons (Fsp3) is 0.167. The van der Waals surface area contributed by atoms with E-state index in [0.29, 0.717) is 6.54 Å². The SMILES string of the molecule is Cl.NCCc1ccccc1-c1ccncn1. The second-order valence-corrected chi connectivity index (χ2v) is 3.29. The normalized spacial score (nSPS) is 9.56. The molecule has 0 spiro atoms. The second-order valence-electron chi connectivity index (χ2n) is 3.29. The van der Waals surface area contributed by atoms with E-state index in [1.165, 1.54) is 5.56 Å². The highest BCUT2D eigenvalue weighted by Gasteiger charge is 2.03. The first-order valence-electron chi connectivity index (χ1n) is 4.96. The van der Waals surface area contributed by atoms with Gasteiger partial charge in [-0.25, -0.2) is 9.97 Å². The first-order chi connectivity index (χ1) is 7.42. The van der Waals surface area contributed by atoms with E-state index in [-0.39, 0.29) is 12.4 Å². The molecule has 4 heteroatoms. The van der Waals surface area contributed by atoms with Crippen LogP contribution in [0, 0.1) is 0 Å². The number of hydrogen-bond donors (Lipinski definition) is 1. The van der Waals surface area contributed by atoms with Gasteiger partial charge >= 0.3 is 0 Å². The van der Waals surface area contributed by atoms with Crippen molar-refractivity contribution in [1.29, 1.82) is 0 Å². The molecule has 0 aliphatic carbocycles. The van der Waals surface area contributed by atoms with Gasteiger partial charge < -0.3 is 5.73 Å². The smallest absolute Gasteiger partial charge is 0.116 e. The summed E-state index contributed by atoms with van der Waals surface area (Å²) in [7, 11) is 0. The molecule has 0 bridgehead atoms. The zero-order valence-corrected chi connectivity index (χ0v) is 9.65. The third kappa shape index (κ3) is 2.78. The maximum Gasteiger partial charge on any atom is 0.116 e. The maximum atomic E-state index is 5.57. The lowest BCUT2D eigenvalue weighted by Gasteiger charge is -2.06. The summed E-state index contributed by atoms with van der Waals surface area (Å²) < 4.78 is 0. The Balaban J connectivity index is 0.00000128. The lowest BCUT2D eigenvalue weighted by molar-refractivity contribution is 0.968. The number of nitrogens with two attached hydrogens (primary N) is 1. The summed E-state index contributed by atoms with van der Waals surface area (Å²) in [6.07, 6.45) is 4.19. The minimum Gasteiger partial charge on any atom is -0.330 e. The van der Waals surface area contributed by atoms with Crippen LogP contribution >= 0.6 is 12.4 Å². The van der Waals surface area contributed by atoms with E-state index >= 15 is 0 Å². The monoisotopic (exact) mass is 235 g/mol. The van der Waals surface area contributed by atoms with E-state index < -0.39 is 0 Å². The Hall–Kier alpha value is -1.45. The lowest BCUT2D eigenvalue weighted by atomic mass is 10.0. The molecule has 0 amide bonds. The van der Waals surface area contributed by atoms with Crippen LogP contribution in [-0.4, -0.2) is 16.5 Å². The molecule has 16 heavy (non-hydrogen) atoms. The lowest BCUT2D eigenvalue weighted by Crippen LogP contribution is -2.04. The quantitative estimate of drug-likeness (QED) is 0.886. The van der Waals surface area contributed by atoms with Gasteiger partial charge in [0.2, 0.25) is 0 Å².